The van der Waals surface area contributed by atoms with Gasteiger partial charge < -0.3 is 9.84 Å². The second-order valence-electron chi connectivity index (χ2n) is 10.4. The summed E-state index contributed by atoms with van der Waals surface area (Å²) in [5, 5.41) is 10.1. The number of aliphatic hydroxyl groups excluding tert-OH is 1. The van der Waals surface area contributed by atoms with E-state index in [0.717, 1.165) is 38.5 Å². The van der Waals surface area contributed by atoms with Crippen molar-refractivity contribution < 1.29 is 14.6 Å². The number of ether oxygens (including phenoxy) is 1. The third-order valence-electron chi connectivity index (χ3n) is 9.46. The Bertz CT molecular complexity index is 683. The standard InChI is InChI=1S/C22H32O3/c1-13(23)22-20(3)10-8-17-16(18(20)12-21(22,4)25-22)6-5-14-11-15(24)7-9-19(14,17)2/h5,15-18,24H,6-12H2,1-4H3/t15-,16?,17?,18?,19-,20-,21+,22-/m0/s1. The highest BCUT2D eigenvalue weighted by atomic mass is 16.6. The molecule has 1 heterocycles. The first kappa shape index (κ1) is 16.5. The summed E-state index contributed by atoms with van der Waals surface area (Å²) in [7, 11) is 0. The summed E-state index contributed by atoms with van der Waals surface area (Å²) in [6.07, 6.45) is 9.75. The van der Waals surface area contributed by atoms with Gasteiger partial charge in [0.1, 0.15) is 5.60 Å². The van der Waals surface area contributed by atoms with Crippen molar-refractivity contribution in [3.63, 3.8) is 0 Å². The van der Waals surface area contributed by atoms with E-state index in [1.165, 1.54) is 12.0 Å². The molecule has 138 valence electrons. The molecule has 0 amide bonds. The molecule has 4 aliphatic carbocycles. The van der Waals surface area contributed by atoms with Crippen molar-refractivity contribution in [1.29, 1.82) is 0 Å². The molecule has 0 aromatic heterocycles. The fraction of sp³-hybridized carbons (Fsp3) is 0.864. The molecule has 0 radical (unpaired) electrons. The van der Waals surface area contributed by atoms with Crippen LogP contribution in [0.15, 0.2) is 11.6 Å². The van der Waals surface area contributed by atoms with E-state index >= 15 is 0 Å². The van der Waals surface area contributed by atoms with Gasteiger partial charge in [0.2, 0.25) is 0 Å². The largest absolute Gasteiger partial charge is 0.393 e. The first-order valence-corrected chi connectivity index (χ1v) is 10.3. The Morgan fingerprint density at radius 2 is 1.96 bits per heavy atom. The second-order valence-corrected chi connectivity index (χ2v) is 10.4. The van der Waals surface area contributed by atoms with Crippen molar-refractivity contribution in [1.82, 2.24) is 0 Å². The van der Waals surface area contributed by atoms with Crippen LogP contribution in [0.4, 0.5) is 0 Å². The molecular weight excluding hydrogens is 312 g/mol. The molecule has 1 aliphatic heterocycles. The van der Waals surface area contributed by atoms with Crippen LogP contribution in [0.1, 0.15) is 72.6 Å². The highest BCUT2D eigenvalue weighted by molar-refractivity contribution is 5.91. The van der Waals surface area contributed by atoms with E-state index in [9.17, 15) is 9.90 Å². The quantitative estimate of drug-likeness (QED) is 0.577. The summed E-state index contributed by atoms with van der Waals surface area (Å²) in [5.74, 6) is 2.23. The Balaban J connectivity index is 1.53. The Morgan fingerprint density at radius 3 is 2.68 bits per heavy atom. The van der Waals surface area contributed by atoms with Gasteiger partial charge in [-0.3, -0.25) is 4.79 Å². The minimum Gasteiger partial charge on any atom is -0.393 e. The van der Waals surface area contributed by atoms with E-state index in [1.807, 2.05) is 0 Å². The lowest BCUT2D eigenvalue weighted by Crippen LogP contribution is -2.54. The molecule has 0 spiro atoms. The van der Waals surface area contributed by atoms with Crippen molar-refractivity contribution in [3.8, 4) is 0 Å². The minimum atomic E-state index is -0.511. The Hall–Kier alpha value is -0.670. The molecule has 3 heteroatoms. The fourth-order valence-corrected chi connectivity index (χ4v) is 8.26. The number of hydrogen-bond acceptors (Lipinski definition) is 3. The monoisotopic (exact) mass is 344 g/mol. The van der Waals surface area contributed by atoms with Crippen LogP contribution >= 0.6 is 0 Å². The van der Waals surface area contributed by atoms with E-state index in [0.29, 0.717) is 17.8 Å². The average molecular weight is 344 g/mol. The lowest BCUT2D eigenvalue weighted by Gasteiger charge is -2.58. The molecule has 5 rings (SSSR count). The van der Waals surface area contributed by atoms with Crippen molar-refractivity contribution >= 4 is 5.78 Å². The van der Waals surface area contributed by atoms with Crippen molar-refractivity contribution in [2.75, 3.05) is 0 Å². The van der Waals surface area contributed by atoms with Crippen molar-refractivity contribution in [3.05, 3.63) is 11.6 Å². The lowest BCUT2D eigenvalue weighted by atomic mass is 9.47. The van der Waals surface area contributed by atoms with Gasteiger partial charge in [-0.05, 0) is 82.0 Å². The summed E-state index contributed by atoms with van der Waals surface area (Å²) < 4.78 is 6.19. The number of carbonyl (C=O) groups is 1. The van der Waals surface area contributed by atoms with Crippen molar-refractivity contribution in [2.24, 2.45) is 28.6 Å². The smallest absolute Gasteiger partial charge is 0.165 e. The zero-order chi connectivity index (χ0) is 17.8. The maximum absolute atomic E-state index is 12.6. The van der Waals surface area contributed by atoms with Crippen LogP contribution in [0.2, 0.25) is 0 Å². The first-order chi connectivity index (χ1) is 11.7. The van der Waals surface area contributed by atoms with Crippen LogP contribution in [0.5, 0.6) is 0 Å². The van der Waals surface area contributed by atoms with Gasteiger partial charge in [-0.15, -0.1) is 0 Å². The topological polar surface area (TPSA) is 49.8 Å². The number of hydrogen-bond donors (Lipinski definition) is 1. The third kappa shape index (κ3) is 1.69. The van der Waals surface area contributed by atoms with Gasteiger partial charge in [0, 0.05) is 5.41 Å². The van der Waals surface area contributed by atoms with Crippen LogP contribution in [-0.2, 0) is 9.53 Å². The number of aliphatic hydroxyl groups is 1. The molecule has 0 aromatic rings. The summed E-state index contributed by atoms with van der Waals surface area (Å²) in [6, 6.07) is 0. The number of carbonyl (C=O) groups excluding carboxylic acids is 1. The molecule has 3 unspecified atom stereocenters. The summed E-state index contributed by atoms with van der Waals surface area (Å²) in [5.41, 5.74) is 1.05. The maximum Gasteiger partial charge on any atom is 0.165 e. The molecule has 4 fully saturated rings. The van der Waals surface area contributed by atoms with Crippen LogP contribution in [0, 0.1) is 28.6 Å². The SMILES string of the molecule is CC(=O)[C@@]12O[C@]1(C)CC1C3CC=C4C[C@@H](O)CC[C@]4(C)C3CC[C@@]12C. The highest BCUT2D eigenvalue weighted by Crippen LogP contribution is 2.77. The van der Waals surface area contributed by atoms with E-state index in [1.54, 1.807) is 6.92 Å². The normalized spacial score (nSPS) is 59.2. The van der Waals surface area contributed by atoms with Crippen LogP contribution < -0.4 is 0 Å². The molecule has 0 aromatic carbocycles. The maximum atomic E-state index is 12.6. The Labute approximate surface area is 151 Å². The Morgan fingerprint density at radius 1 is 1.20 bits per heavy atom. The fourth-order valence-electron chi connectivity index (χ4n) is 8.26. The predicted molar refractivity (Wildman–Crippen MR) is 96.0 cm³/mol. The molecule has 8 atom stereocenters. The van der Waals surface area contributed by atoms with E-state index in [4.69, 9.17) is 4.74 Å². The van der Waals surface area contributed by atoms with Gasteiger partial charge in [-0.2, -0.15) is 0 Å². The second kappa shape index (κ2) is 4.59. The van der Waals surface area contributed by atoms with Crippen LogP contribution in [0.25, 0.3) is 0 Å². The van der Waals surface area contributed by atoms with Gasteiger partial charge in [0.05, 0.1) is 6.10 Å². The first-order valence-electron chi connectivity index (χ1n) is 10.3. The number of ketones is 1. The molecule has 1 saturated heterocycles. The van der Waals surface area contributed by atoms with Gasteiger partial charge in [0.15, 0.2) is 11.4 Å². The predicted octanol–water partition coefficient (Wildman–Crippen LogP) is 4.04. The van der Waals surface area contributed by atoms with E-state index in [2.05, 4.69) is 26.8 Å². The molecule has 0 bridgehead atoms. The number of fused-ring (bicyclic) bond motifs is 7. The number of epoxide rings is 1. The zero-order valence-corrected chi connectivity index (χ0v) is 16.1. The molecule has 25 heavy (non-hydrogen) atoms. The lowest BCUT2D eigenvalue weighted by molar-refractivity contribution is -0.135. The highest BCUT2D eigenvalue weighted by Gasteiger charge is 2.85. The summed E-state index contributed by atoms with van der Waals surface area (Å²) >= 11 is 0. The number of allylic oxidation sites excluding steroid dienone is 1. The summed E-state index contributed by atoms with van der Waals surface area (Å²) in [4.78, 5) is 12.6. The number of rotatable bonds is 1. The molecule has 3 saturated carbocycles. The van der Waals surface area contributed by atoms with Crippen LogP contribution in [0.3, 0.4) is 0 Å². The van der Waals surface area contributed by atoms with Crippen LogP contribution in [-0.4, -0.2) is 28.2 Å². The Kier molecular flexibility index (Phi) is 3.03. The summed E-state index contributed by atoms with van der Waals surface area (Å²) in [6.45, 7) is 8.72. The average Bonchev–Trinajstić information content (AvgIpc) is 3.13. The van der Waals surface area contributed by atoms with Gasteiger partial charge in [0.25, 0.3) is 0 Å². The van der Waals surface area contributed by atoms with Gasteiger partial charge >= 0.3 is 0 Å². The molecule has 5 aliphatic rings. The number of Topliss-reactive ketones (excluding diaryl/α,β-unsaturated/α-hetero) is 1. The minimum absolute atomic E-state index is 0.00460. The molecule has 1 N–H and O–H groups in total. The van der Waals surface area contributed by atoms with Crippen molar-refractivity contribution in [2.45, 2.75) is 89.9 Å². The van der Waals surface area contributed by atoms with Gasteiger partial charge in [-0.1, -0.05) is 25.5 Å². The van der Waals surface area contributed by atoms with E-state index in [-0.39, 0.29) is 28.3 Å². The zero-order valence-electron chi connectivity index (χ0n) is 16.1. The molecule has 3 nitrogen and oxygen atoms in total. The third-order valence-corrected chi connectivity index (χ3v) is 9.46. The van der Waals surface area contributed by atoms with E-state index < -0.39 is 5.60 Å². The van der Waals surface area contributed by atoms with Gasteiger partial charge in [-0.25, -0.2) is 0 Å². The molecular formula is C22H32O3.